The van der Waals surface area contributed by atoms with Gasteiger partial charge in [0.15, 0.2) is 0 Å². The van der Waals surface area contributed by atoms with E-state index in [1.807, 2.05) is 30.3 Å². The number of anilines is 1. The molecule has 1 atom stereocenters. The highest BCUT2D eigenvalue weighted by Crippen LogP contribution is 2.28. The van der Waals surface area contributed by atoms with Crippen molar-refractivity contribution in [3.63, 3.8) is 0 Å². The van der Waals surface area contributed by atoms with Gasteiger partial charge in [0.1, 0.15) is 11.9 Å². The Hall–Kier alpha value is -3.23. The molecule has 4 rings (SSSR count). The Kier molecular flexibility index (Phi) is 6.59. The maximum Gasteiger partial charge on any atom is 0.325 e. The number of aryl methyl sites for hydroxylation is 1. The standard InChI is InChI=1S/C22H28N6O3/c29-19(25-21-24-18(26-27-21)12-10-15-6-4-5-7-15)13-11-17-20(30)28(22(31)23-17)14-16-8-2-1-3-9-16/h1-3,8-9,15,17H,4-7,10-14H2,(H,23,31)(H2,24,25,26,27,29). The number of aromatic amines is 1. The molecule has 9 heteroatoms. The number of hydrogen-bond acceptors (Lipinski definition) is 5. The molecule has 0 spiro atoms. The zero-order valence-electron chi connectivity index (χ0n) is 17.5. The fourth-order valence-electron chi connectivity index (χ4n) is 4.25. The number of carbonyl (C=O) groups excluding carboxylic acids is 3. The van der Waals surface area contributed by atoms with E-state index >= 15 is 0 Å². The summed E-state index contributed by atoms with van der Waals surface area (Å²) in [5.41, 5.74) is 0.873. The number of H-pyrrole nitrogens is 1. The first kappa shape index (κ1) is 21.0. The van der Waals surface area contributed by atoms with Crippen molar-refractivity contribution in [2.45, 2.75) is 64.0 Å². The van der Waals surface area contributed by atoms with Gasteiger partial charge in [0, 0.05) is 12.8 Å². The van der Waals surface area contributed by atoms with Crippen LogP contribution in [0.2, 0.25) is 0 Å². The first-order valence-corrected chi connectivity index (χ1v) is 11.0. The van der Waals surface area contributed by atoms with Crippen LogP contribution < -0.4 is 10.6 Å². The second-order valence-electron chi connectivity index (χ2n) is 8.29. The van der Waals surface area contributed by atoms with E-state index in [-0.39, 0.29) is 37.1 Å². The van der Waals surface area contributed by atoms with Gasteiger partial charge in [-0.05, 0) is 24.3 Å². The number of amides is 4. The van der Waals surface area contributed by atoms with Crippen molar-refractivity contribution in [3.8, 4) is 0 Å². The number of carbonyl (C=O) groups is 3. The van der Waals surface area contributed by atoms with Gasteiger partial charge in [-0.3, -0.25) is 24.9 Å². The van der Waals surface area contributed by atoms with E-state index in [2.05, 4.69) is 25.8 Å². The average molecular weight is 425 g/mol. The van der Waals surface area contributed by atoms with Crippen LogP contribution in [-0.2, 0) is 22.6 Å². The van der Waals surface area contributed by atoms with E-state index in [1.165, 1.54) is 30.6 Å². The smallest absolute Gasteiger partial charge is 0.325 e. The highest BCUT2D eigenvalue weighted by Gasteiger charge is 2.37. The quantitative estimate of drug-likeness (QED) is 0.535. The van der Waals surface area contributed by atoms with E-state index < -0.39 is 12.1 Å². The molecule has 1 unspecified atom stereocenters. The van der Waals surface area contributed by atoms with Crippen LogP contribution >= 0.6 is 0 Å². The molecule has 1 aromatic heterocycles. The van der Waals surface area contributed by atoms with Gasteiger partial charge in [-0.25, -0.2) is 4.79 Å². The number of rotatable bonds is 9. The number of nitrogens with one attached hydrogen (secondary N) is 3. The van der Waals surface area contributed by atoms with Crippen molar-refractivity contribution in [2.75, 3.05) is 5.32 Å². The van der Waals surface area contributed by atoms with Crippen LogP contribution in [0.3, 0.4) is 0 Å². The predicted octanol–water partition coefficient (Wildman–Crippen LogP) is 2.77. The lowest BCUT2D eigenvalue weighted by atomic mass is 10.0. The fourth-order valence-corrected chi connectivity index (χ4v) is 4.25. The molecular formula is C22H28N6O3. The third-order valence-corrected chi connectivity index (χ3v) is 6.00. The first-order chi connectivity index (χ1) is 15.1. The predicted molar refractivity (Wildman–Crippen MR) is 114 cm³/mol. The maximum absolute atomic E-state index is 12.6. The average Bonchev–Trinajstić information content (AvgIpc) is 3.50. The molecule has 4 amide bonds. The molecule has 1 aromatic carbocycles. The lowest BCUT2D eigenvalue weighted by Crippen LogP contribution is -2.31. The SMILES string of the molecule is O=C(CCC1NC(=O)N(Cc2ccccc2)C1=O)Nc1n[nH]c(CCC2CCCC2)n1. The molecule has 2 fully saturated rings. The Bertz CT molecular complexity index is 922. The summed E-state index contributed by atoms with van der Waals surface area (Å²) in [5, 5.41) is 12.3. The van der Waals surface area contributed by atoms with E-state index in [1.54, 1.807) is 0 Å². The van der Waals surface area contributed by atoms with Gasteiger partial charge in [-0.2, -0.15) is 4.98 Å². The normalized spacial score (nSPS) is 19.1. The summed E-state index contributed by atoms with van der Waals surface area (Å²) in [5.74, 6) is 1.19. The van der Waals surface area contributed by atoms with Gasteiger partial charge in [-0.15, -0.1) is 5.10 Å². The Morgan fingerprint density at radius 2 is 1.90 bits per heavy atom. The zero-order chi connectivity index (χ0) is 21.6. The van der Waals surface area contributed by atoms with Crippen LogP contribution in [0.15, 0.2) is 30.3 Å². The zero-order valence-corrected chi connectivity index (χ0v) is 17.5. The van der Waals surface area contributed by atoms with E-state index in [0.717, 1.165) is 30.1 Å². The summed E-state index contributed by atoms with van der Waals surface area (Å²) in [6.07, 6.45) is 7.43. The molecule has 0 radical (unpaired) electrons. The monoisotopic (exact) mass is 424 g/mol. The molecule has 2 aromatic rings. The summed E-state index contributed by atoms with van der Waals surface area (Å²) in [6.45, 7) is 0.217. The number of nitrogens with zero attached hydrogens (tertiary/aromatic N) is 3. The van der Waals surface area contributed by atoms with Gasteiger partial charge in [0.25, 0.3) is 5.91 Å². The molecule has 164 valence electrons. The molecule has 31 heavy (non-hydrogen) atoms. The number of hydrogen-bond donors (Lipinski definition) is 3. The molecule has 0 bridgehead atoms. The second kappa shape index (κ2) is 9.72. The molecule has 2 aliphatic rings. The highest BCUT2D eigenvalue weighted by atomic mass is 16.2. The van der Waals surface area contributed by atoms with Crippen LogP contribution in [0, 0.1) is 5.92 Å². The van der Waals surface area contributed by atoms with E-state index in [4.69, 9.17) is 0 Å². The van der Waals surface area contributed by atoms with Crippen molar-refractivity contribution < 1.29 is 14.4 Å². The Labute approximate surface area is 181 Å². The van der Waals surface area contributed by atoms with Crippen LogP contribution in [0.4, 0.5) is 10.7 Å². The maximum atomic E-state index is 12.6. The largest absolute Gasteiger partial charge is 0.326 e. The number of aromatic nitrogens is 3. The molecule has 1 aliphatic carbocycles. The van der Waals surface area contributed by atoms with Crippen LogP contribution in [0.5, 0.6) is 0 Å². The third kappa shape index (κ3) is 5.48. The molecule has 2 heterocycles. The van der Waals surface area contributed by atoms with E-state index in [0.29, 0.717) is 0 Å². The third-order valence-electron chi connectivity index (χ3n) is 6.00. The minimum Gasteiger partial charge on any atom is -0.326 e. The lowest BCUT2D eigenvalue weighted by molar-refractivity contribution is -0.128. The number of benzene rings is 1. The van der Waals surface area contributed by atoms with Crippen LogP contribution in [0.25, 0.3) is 0 Å². The Morgan fingerprint density at radius 1 is 1.13 bits per heavy atom. The van der Waals surface area contributed by atoms with Gasteiger partial charge < -0.3 is 5.32 Å². The summed E-state index contributed by atoms with van der Waals surface area (Å²) in [7, 11) is 0. The molecular weight excluding hydrogens is 396 g/mol. The molecule has 1 aliphatic heterocycles. The van der Waals surface area contributed by atoms with Gasteiger partial charge in [0.2, 0.25) is 11.9 Å². The van der Waals surface area contributed by atoms with Crippen molar-refractivity contribution >= 4 is 23.8 Å². The minimum absolute atomic E-state index is 0.0851. The van der Waals surface area contributed by atoms with Crippen LogP contribution in [-0.4, -0.2) is 44.0 Å². The van der Waals surface area contributed by atoms with Gasteiger partial charge in [-0.1, -0.05) is 56.0 Å². The molecule has 1 saturated carbocycles. The summed E-state index contributed by atoms with van der Waals surface area (Å²) in [4.78, 5) is 42.5. The molecule has 1 saturated heterocycles. The minimum atomic E-state index is -0.698. The van der Waals surface area contributed by atoms with Gasteiger partial charge >= 0.3 is 6.03 Å². The Morgan fingerprint density at radius 3 is 2.68 bits per heavy atom. The topological polar surface area (TPSA) is 120 Å². The van der Waals surface area contributed by atoms with Crippen molar-refractivity contribution in [3.05, 3.63) is 41.7 Å². The van der Waals surface area contributed by atoms with Gasteiger partial charge in [0.05, 0.1) is 6.54 Å². The molecule has 9 nitrogen and oxygen atoms in total. The molecule has 3 N–H and O–H groups in total. The van der Waals surface area contributed by atoms with Crippen LogP contribution in [0.1, 0.15) is 56.3 Å². The van der Waals surface area contributed by atoms with Crippen molar-refractivity contribution in [2.24, 2.45) is 5.92 Å². The Balaban J connectivity index is 1.21. The second-order valence-corrected chi connectivity index (χ2v) is 8.29. The number of imide groups is 1. The summed E-state index contributed by atoms with van der Waals surface area (Å²) >= 11 is 0. The number of urea groups is 1. The van der Waals surface area contributed by atoms with Crippen molar-refractivity contribution in [1.82, 2.24) is 25.4 Å². The summed E-state index contributed by atoms with van der Waals surface area (Å²) < 4.78 is 0. The van der Waals surface area contributed by atoms with Crippen molar-refractivity contribution in [1.29, 1.82) is 0 Å². The van der Waals surface area contributed by atoms with E-state index in [9.17, 15) is 14.4 Å². The fraction of sp³-hybridized carbons (Fsp3) is 0.500. The first-order valence-electron chi connectivity index (χ1n) is 11.0. The summed E-state index contributed by atoms with van der Waals surface area (Å²) in [6, 6.07) is 8.19. The lowest BCUT2D eigenvalue weighted by Gasteiger charge is -2.12. The highest BCUT2D eigenvalue weighted by molar-refractivity contribution is 6.04.